The second-order valence-corrected chi connectivity index (χ2v) is 6.16. The Hall–Kier alpha value is -0.360. The van der Waals surface area contributed by atoms with Gasteiger partial charge in [0.25, 0.3) is 5.91 Å². The number of hydrogen-bond donors (Lipinski definition) is 2. The largest absolute Gasteiger partial charge is 0.351 e. The Bertz CT molecular complexity index is 389. The van der Waals surface area contributed by atoms with Gasteiger partial charge in [-0.1, -0.05) is 20.8 Å². The Morgan fingerprint density at radius 1 is 1.47 bits per heavy atom. The molecule has 1 heterocycles. The molecule has 0 saturated heterocycles. The molecule has 0 aliphatic rings. The topological polar surface area (TPSA) is 68.0 Å². The average Bonchev–Trinajstić information content (AvgIpc) is 2.64. The van der Waals surface area contributed by atoms with Gasteiger partial charge in [-0.15, -0.1) is 36.2 Å². The Morgan fingerprint density at radius 3 is 2.53 bits per heavy atom. The minimum atomic E-state index is -0.103. The monoisotopic (exact) mass is 327 g/mol. The molecular formula is C12H23Cl2N3OS. The zero-order valence-corrected chi connectivity index (χ0v) is 14.2. The molecule has 1 rings (SSSR count). The fourth-order valence-electron chi connectivity index (χ4n) is 1.44. The molecule has 0 bridgehead atoms. The molecular weight excluding hydrogens is 305 g/mol. The van der Waals surface area contributed by atoms with E-state index in [9.17, 15) is 4.79 Å². The molecule has 0 fully saturated rings. The first-order chi connectivity index (χ1) is 7.82. The minimum absolute atomic E-state index is 0. The Balaban J connectivity index is 0. The van der Waals surface area contributed by atoms with Crippen molar-refractivity contribution in [1.29, 1.82) is 0 Å². The maximum absolute atomic E-state index is 12.0. The van der Waals surface area contributed by atoms with Crippen molar-refractivity contribution in [2.45, 2.75) is 45.6 Å². The third-order valence-electron chi connectivity index (χ3n) is 2.37. The highest BCUT2D eigenvalue weighted by Gasteiger charge is 2.24. The summed E-state index contributed by atoms with van der Waals surface area (Å²) in [7, 11) is 0. The van der Waals surface area contributed by atoms with Crippen molar-refractivity contribution in [3.8, 4) is 0 Å². The van der Waals surface area contributed by atoms with Gasteiger partial charge >= 0.3 is 0 Å². The van der Waals surface area contributed by atoms with Gasteiger partial charge in [-0.3, -0.25) is 4.79 Å². The van der Waals surface area contributed by atoms with E-state index in [1.165, 1.54) is 11.3 Å². The molecule has 1 aromatic heterocycles. The van der Waals surface area contributed by atoms with Gasteiger partial charge in [0.1, 0.15) is 4.88 Å². The molecule has 0 radical (unpaired) electrons. The minimum Gasteiger partial charge on any atom is -0.351 e. The van der Waals surface area contributed by atoms with E-state index >= 15 is 0 Å². The lowest BCUT2D eigenvalue weighted by Gasteiger charge is -2.17. The van der Waals surface area contributed by atoms with Crippen molar-refractivity contribution in [3.05, 3.63) is 16.1 Å². The van der Waals surface area contributed by atoms with Gasteiger partial charge in [-0.2, -0.15) is 0 Å². The van der Waals surface area contributed by atoms with Crippen LogP contribution in [0.4, 0.5) is 0 Å². The summed E-state index contributed by atoms with van der Waals surface area (Å²) in [6.45, 7) is 8.71. The number of amides is 1. The highest BCUT2D eigenvalue weighted by Crippen LogP contribution is 2.26. The van der Waals surface area contributed by atoms with Crippen LogP contribution in [0, 0.1) is 0 Å². The van der Waals surface area contributed by atoms with Gasteiger partial charge in [0, 0.05) is 18.0 Å². The fraction of sp³-hybridized carbons (Fsp3) is 0.667. The average molecular weight is 328 g/mol. The number of nitrogens with two attached hydrogens (primary N) is 1. The van der Waals surface area contributed by atoms with Crippen LogP contribution in [0.2, 0.25) is 0 Å². The van der Waals surface area contributed by atoms with E-state index in [2.05, 4.69) is 31.1 Å². The standard InChI is InChI=1S/C12H21N3OS.2ClH/c1-8(13)5-6-14-11(16)9-10(12(2,3)4)15-7-17-9;;/h7-8H,5-6,13H2,1-4H3,(H,14,16);2*1H. The molecule has 0 aliphatic heterocycles. The quantitative estimate of drug-likeness (QED) is 0.893. The number of nitrogens with one attached hydrogen (secondary N) is 1. The zero-order valence-electron chi connectivity index (χ0n) is 11.7. The molecule has 3 N–H and O–H groups in total. The second kappa shape index (κ2) is 8.74. The van der Waals surface area contributed by atoms with Crippen molar-refractivity contribution in [2.75, 3.05) is 6.54 Å². The number of aromatic nitrogens is 1. The number of thiazole rings is 1. The van der Waals surface area contributed by atoms with Crippen LogP contribution in [0.1, 0.15) is 49.5 Å². The maximum Gasteiger partial charge on any atom is 0.263 e. The molecule has 0 saturated carbocycles. The molecule has 1 aromatic rings. The van der Waals surface area contributed by atoms with E-state index in [-0.39, 0.29) is 42.2 Å². The number of hydrogen-bond acceptors (Lipinski definition) is 4. The SMILES string of the molecule is CC(N)CCNC(=O)c1scnc1C(C)(C)C.Cl.Cl. The molecule has 1 atom stereocenters. The summed E-state index contributed by atoms with van der Waals surface area (Å²) in [6.07, 6.45) is 0.787. The number of carbonyl (C=O) groups excluding carboxylic acids is 1. The molecule has 0 aromatic carbocycles. The number of nitrogens with zero attached hydrogens (tertiary/aromatic N) is 1. The number of rotatable bonds is 4. The highest BCUT2D eigenvalue weighted by molar-refractivity contribution is 7.11. The summed E-state index contributed by atoms with van der Waals surface area (Å²) in [5, 5.41) is 2.88. The van der Waals surface area contributed by atoms with Gasteiger partial charge in [0.15, 0.2) is 0 Å². The van der Waals surface area contributed by atoms with Gasteiger partial charge in [0.2, 0.25) is 0 Å². The lowest BCUT2D eigenvalue weighted by Crippen LogP contribution is -2.30. The van der Waals surface area contributed by atoms with Crippen LogP contribution >= 0.6 is 36.2 Å². The molecule has 19 heavy (non-hydrogen) atoms. The first kappa shape index (κ1) is 20.9. The third-order valence-corrected chi connectivity index (χ3v) is 3.19. The Morgan fingerprint density at radius 2 is 2.05 bits per heavy atom. The lowest BCUT2D eigenvalue weighted by atomic mass is 9.91. The lowest BCUT2D eigenvalue weighted by molar-refractivity contribution is 0.0954. The van der Waals surface area contributed by atoms with Crippen molar-refractivity contribution in [2.24, 2.45) is 5.73 Å². The predicted molar refractivity (Wildman–Crippen MR) is 85.9 cm³/mol. The van der Waals surface area contributed by atoms with Crippen LogP contribution < -0.4 is 11.1 Å². The van der Waals surface area contributed by atoms with E-state index in [0.29, 0.717) is 11.4 Å². The summed E-state index contributed by atoms with van der Waals surface area (Å²) < 4.78 is 0. The molecule has 1 amide bonds. The van der Waals surface area contributed by atoms with E-state index in [1.54, 1.807) is 5.51 Å². The third kappa shape index (κ3) is 6.56. The van der Waals surface area contributed by atoms with Crippen LogP contribution in [0.5, 0.6) is 0 Å². The van der Waals surface area contributed by atoms with Crippen LogP contribution in [0.15, 0.2) is 5.51 Å². The summed E-state index contributed by atoms with van der Waals surface area (Å²) >= 11 is 1.39. The van der Waals surface area contributed by atoms with Crippen molar-refractivity contribution in [3.63, 3.8) is 0 Å². The second-order valence-electron chi connectivity index (χ2n) is 5.30. The summed E-state index contributed by atoms with van der Waals surface area (Å²) in [6, 6.07) is 0.110. The molecule has 0 spiro atoms. The van der Waals surface area contributed by atoms with Crippen molar-refractivity contribution < 1.29 is 4.79 Å². The molecule has 7 heteroatoms. The predicted octanol–water partition coefficient (Wildman–Crippen LogP) is 2.75. The van der Waals surface area contributed by atoms with Gasteiger partial charge < -0.3 is 11.1 Å². The smallest absolute Gasteiger partial charge is 0.263 e. The summed E-state index contributed by atoms with van der Waals surface area (Å²) in [4.78, 5) is 17.0. The van der Waals surface area contributed by atoms with Crippen LogP contribution in [-0.2, 0) is 5.41 Å². The molecule has 0 aliphatic carbocycles. The first-order valence-corrected chi connectivity index (χ1v) is 6.68. The molecule has 1 unspecified atom stereocenters. The van der Waals surface area contributed by atoms with E-state index in [0.717, 1.165) is 12.1 Å². The maximum atomic E-state index is 12.0. The van der Waals surface area contributed by atoms with Crippen molar-refractivity contribution in [1.82, 2.24) is 10.3 Å². The van der Waals surface area contributed by atoms with E-state index < -0.39 is 0 Å². The van der Waals surface area contributed by atoms with Gasteiger partial charge in [0.05, 0.1) is 11.2 Å². The number of halogens is 2. The van der Waals surface area contributed by atoms with Crippen LogP contribution in [-0.4, -0.2) is 23.5 Å². The fourth-order valence-corrected chi connectivity index (χ4v) is 2.35. The van der Waals surface area contributed by atoms with Crippen LogP contribution in [0.25, 0.3) is 0 Å². The van der Waals surface area contributed by atoms with Crippen LogP contribution in [0.3, 0.4) is 0 Å². The Labute approximate surface area is 131 Å². The highest BCUT2D eigenvalue weighted by atomic mass is 35.5. The Kier molecular flexibility index (Phi) is 9.64. The zero-order chi connectivity index (χ0) is 13.1. The van der Waals surface area contributed by atoms with Crippen molar-refractivity contribution >= 4 is 42.1 Å². The van der Waals surface area contributed by atoms with Gasteiger partial charge in [-0.25, -0.2) is 4.98 Å². The normalized spacial score (nSPS) is 12.1. The van der Waals surface area contributed by atoms with E-state index in [4.69, 9.17) is 5.73 Å². The first-order valence-electron chi connectivity index (χ1n) is 5.80. The number of carbonyl (C=O) groups is 1. The molecule has 112 valence electrons. The van der Waals surface area contributed by atoms with Gasteiger partial charge in [-0.05, 0) is 13.3 Å². The summed E-state index contributed by atoms with van der Waals surface area (Å²) in [5.41, 5.74) is 8.12. The summed E-state index contributed by atoms with van der Waals surface area (Å²) in [5.74, 6) is -0.0434. The van der Waals surface area contributed by atoms with E-state index in [1.807, 2.05) is 6.92 Å². The molecule has 4 nitrogen and oxygen atoms in total.